The van der Waals surface area contributed by atoms with Gasteiger partial charge in [-0.05, 0) is 19.1 Å². The number of carbonyl (C=O) groups excluding carboxylic acids is 1. The Hall–Kier alpha value is -1.75. The van der Waals surface area contributed by atoms with Crippen LogP contribution in [-0.2, 0) is 0 Å². The van der Waals surface area contributed by atoms with Crippen LogP contribution in [0.4, 0.5) is 0 Å². The first-order chi connectivity index (χ1) is 7.16. The summed E-state index contributed by atoms with van der Waals surface area (Å²) in [5.41, 5.74) is 7.32. The monoisotopic (exact) mass is 219 g/mol. The molecule has 0 unspecified atom stereocenters. The molecule has 2 aromatic heterocycles. The van der Waals surface area contributed by atoms with Crippen molar-refractivity contribution in [2.75, 3.05) is 0 Å². The van der Waals surface area contributed by atoms with Crippen LogP contribution in [0.15, 0.2) is 23.7 Å². The fourth-order valence-corrected chi connectivity index (χ4v) is 2.00. The summed E-state index contributed by atoms with van der Waals surface area (Å²) in [6, 6.07) is 3.78. The van der Waals surface area contributed by atoms with Crippen molar-refractivity contribution in [1.29, 1.82) is 0 Å². The number of hydrogen-bond acceptors (Lipinski definition) is 4. The van der Waals surface area contributed by atoms with Gasteiger partial charge < -0.3 is 5.73 Å². The van der Waals surface area contributed by atoms with Gasteiger partial charge in [0.1, 0.15) is 10.7 Å². The second kappa shape index (κ2) is 3.78. The van der Waals surface area contributed by atoms with Gasteiger partial charge in [0.05, 0.1) is 0 Å². The highest BCUT2D eigenvalue weighted by Gasteiger charge is 2.08. The van der Waals surface area contributed by atoms with Crippen molar-refractivity contribution in [3.05, 3.63) is 35.1 Å². The third-order valence-electron chi connectivity index (χ3n) is 1.90. The first-order valence-corrected chi connectivity index (χ1v) is 5.23. The Labute approximate surface area is 90.8 Å². The lowest BCUT2D eigenvalue weighted by molar-refractivity contribution is 0.0996. The van der Waals surface area contributed by atoms with Gasteiger partial charge in [0.15, 0.2) is 0 Å². The van der Waals surface area contributed by atoms with Crippen molar-refractivity contribution in [3.8, 4) is 10.6 Å². The number of primary amides is 1. The van der Waals surface area contributed by atoms with Gasteiger partial charge in [-0.3, -0.25) is 9.78 Å². The van der Waals surface area contributed by atoms with Crippen molar-refractivity contribution < 1.29 is 4.79 Å². The summed E-state index contributed by atoms with van der Waals surface area (Å²) in [6.07, 6.45) is 1.72. The third-order valence-corrected chi connectivity index (χ3v) is 2.79. The van der Waals surface area contributed by atoms with Crippen LogP contribution in [0.3, 0.4) is 0 Å². The molecule has 2 N–H and O–H groups in total. The van der Waals surface area contributed by atoms with Crippen molar-refractivity contribution in [3.63, 3.8) is 0 Å². The first kappa shape index (κ1) is 9.79. The fraction of sp³-hybridized carbons (Fsp3) is 0.100. The Balaban J connectivity index is 2.41. The molecule has 76 valence electrons. The first-order valence-electron chi connectivity index (χ1n) is 4.35. The Kier molecular flexibility index (Phi) is 2.47. The van der Waals surface area contributed by atoms with E-state index in [1.165, 1.54) is 11.3 Å². The highest BCUT2D eigenvalue weighted by atomic mass is 32.1. The van der Waals surface area contributed by atoms with E-state index in [2.05, 4.69) is 9.97 Å². The number of nitrogens with two attached hydrogens (primary N) is 1. The molecule has 5 heteroatoms. The predicted octanol–water partition coefficient (Wildman–Crippen LogP) is 1.61. The van der Waals surface area contributed by atoms with E-state index < -0.39 is 5.91 Å². The summed E-state index contributed by atoms with van der Waals surface area (Å²) in [5, 5.41) is 2.45. The molecule has 1 amide bonds. The molecule has 0 radical (unpaired) electrons. The molecule has 0 saturated carbocycles. The molecule has 0 aromatic carbocycles. The number of hydrogen-bond donors (Lipinski definition) is 1. The van der Waals surface area contributed by atoms with Crippen LogP contribution < -0.4 is 5.73 Å². The summed E-state index contributed by atoms with van der Waals surface area (Å²) in [6.45, 7) is 1.91. The molecule has 0 spiro atoms. The van der Waals surface area contributed by atoms with E-state index in [4.69, 9.17) is 5.73 Å². The normalized spacial score (nSPS) is 10.2. The molecule has 0 aliphatic carbocycles. The van der Waals surface area contributed by atoms with Crippen LogP contribution in [0, 0.1) is 6.92 Å². The quantitative estimate of drug-likeness (QED) is 0.834. The third kappa shape index (κ3) is 2.02. The lowest BCUT2D eigenvalue weighted by atomic mass is 10.2. The number of aryl methyl sites for hydroxylation is 1. The van der Waals surface area contributed by atoms with E-state index in [1.54, 1.807) is 11.6 Å². The number of carbonyl (C=O) groups is 1. The highest BCUT2D eigenvalue weighted by Crippen LogP contribution is 2.23. The fourth-order valence-electron chi connectivity index (χ4n) is 1.20. The minimum Gasteiger partial charge on any atom is -0.364 e. The molecule has 4 nitrogen and oxygen atoms in total. The number of thiazole rings is 1. The zero-order valence-electron chi connectivity index (χ0n) is 8.10. The Morgan fingerprint density at radius 2 is 2.33 bits per heavy atom. The maximum atomic E-state index is 10.9. The Bertz CT molecular complexity index is 507. The maximum Gasteiger partial charge on any atom is 0.268 e. The summed E-state index contributed by atoms with van der Waals surface area (Å²) in [5.74, 6) is -0.497. The van der Waals surface area contributed by atoms with E-state index in [0.717, 1.165) is 16.3 Å². The second-order valence-corrected chi connectivity index (χ2v) is 3.95. The van der Waals surface area contributed by atoms with Crippen molar-refractivity contribution in [2.45, 2.75) is 6.92 Å². The van der Waals surface area contributed by atoms with Gasteiger partial charge >= 0.3 is 0 Å². The molecule has 15 heavy (non-hydrogen) atoms. The lowest BCUT2D eigenvalue weighted by Gasteiger charge is -1.96. The SMILES string of the molecule is Cc1cc(-c2nc(C(N)=O)cs2)ccn1. The minimum atomic E-state index is -0.497. The molecule has 0 atom stereocenters. The number of nitrogens with zero attached hydrogens (tertiary/aromatic N) is 2. The molecule has 2 heterocycles. The minimum absolute atomic E-state index is 0.310. The number of pyridine rings is 1. The summed E-state index contributed by atoms with van der Waals surface area (Å²) in [4.78, 5) is 19.1. The van der Waals surface area contributed by atoms with Gasteiger partial charge in [-0.2, -0.15) is 0 Å². The standard InChI is InChI=1S/C10H9N3OS/c1-6-4-7(2-3-12-6)10-13-8(5-15-10)9(11)14/h2-5H,1H3,(H2,11,14). The van der Waals surface area contributed by atoms with Gasteiger partial charge in [0.2, 0.25) is 0 Å². The topological polar surface area (TPSA) is 68.9 Å². The van der Waals surface area contributed by atoms with Crippen LogP contribution >= 0.6 is 11.3 Å². The van der Waals surface area contributed by atoms with Gasteiger partial charge in [0, 0.05) is 22.8 Å². The summed E-state index contributed by atoms with van der Waals surface area (Å²) in [7, 11) is 0. The van der Waals surface area contributed by atoms with Crippen molar-refractivity contribution >= 4 is 17.2 Å². The Morgan fingerprint density at radius 3 is 2.93 bits per heavy atom. The number of rotatable bonds is 2. The van der Waals surface area contributed by atoms with E-state index >= 15 is 0 Å². The van der Waals surface area contributed by atoms with E-state index in [1.807, 2.05) is 19.1 Å². The molecular formula is C10H9N3OS. The molecule has 0 aliphatic heterocycles. The summed E-state index contributed by atoms with van der Waals surface area (Å²) >= 11 is 1.40. The van der Waals surface area contributed by atoms with Crippen LogP contribution in [-0.4, -0.2) is 15.9 Å². The number of aromatic nitrogens is 2. The number of amides is 1. The largest absolute Gasteiger partial charge is 0.364 e. The average Bonchev–Trinajstić information content (AvgIpc) is 2.66. The molecule has 0 bridgehead atoms. The lowest BCUT2D eigenvalue weighted by Crippen LogP contribution is -2.10. The van der Waals surface area contributed by atoms with Gasteiger partial charge in [-0.25, -0.2) is 4.98 Å². The van der Waals surface area contributed by atoms with E-state index in [-0.39, 0.29) is 0 Å². The maximum absolute atomic E-state index is 10.9. The predicted molar refractivity (Wildman–Crippen MR) is 58.6 cm³/mol. The van der Waals surface area contributed by atoms with E-state index in [9.17, 15) is 4.79 Å². The van der Waals surface area contributed by atoms with Gasteiger partial charge in [-0.15, -0.1) is 11.3 Å². The van der Waals surface area contributed by atoms with Gasteiger partial charge in [-0.1, -0.05) is 0 Å². The average molecular weight is 219 g/mol. The zero-order valence-corrected chi connectivity index (χ0v) is 8.91. The smallest absolute Gasteiger partial charge is 0.268 e. The Morgan fingerprint density at radius 1 is 1.53 bits per heavy atom. The van der Waals surface area contributed by atoms with Crippen LogP contribution in [0.1, 0.15) is 16.2 Å². The highest BCUT2D eigenvalue weighted by molar-refractivity contribution is 7.13. The molecule has 0 aliphatic rings. The molecule has 2 aromatic rings. The van der Waals surface area contributed by atoms with Crippen LogP contribution in [0.5, 0.6) is 0 Å². The summed E-state index contributed by atoms with van der Waals surface area (Å²) < 4.78 is 0. The zero-order chi connectivity index (χ0) is 10.8. The molecule has 2 rings (SSSR count). The van der Waals surface area contributed by atoms with Gasteiger partial charge in [0.25, 0.3) is 5.91 Å². The molecular weight excluding hydrogens is 210 g/mol. The molecule has 0 fully saturated rings. The van der Waals surface area contributed by atoms with Crippen LogP contribution in [0.25, 0.3) is 10.6 Å². The molecule has 0 saturated heterocycles. The second-order valence-electron chi connectivity index (χ2n) is 3.09. The van der Waals surface area contributed by atoms with E-state index in [0.29, 0.717) is 5.69 Å². The van der Waals surface area contributed by atoms with Crippen molar-refractivity contribution in [1.82, 2.24) is 9.97 Å². The van der Waals surface area contributed by atoms with Crippen molar-refractivity contribution in [2.24, 2.45) is 5.73 Å². The van der Waals surface area contributed by atoms with Crippen LogP contribution in [0.2, 0.25) is 0 Å².